The zero-order valence-electron chi connectivity index (χ0n) is 21.3. The van der Waals surface area contributed by atoms with E-state index in [-0.39, 0.29) is 23.9 Å². The fraction of sp³-hybridized carbons (Fsp3) is 0.310. The first-order chi connectivity index (χ1) is 19.0. The summed E-state index contributed by atoms with van der Waals surface area (Å²) in [5, 5.41) is 3.68. The van der Waals surface area contributed by atoms with Crippen LogP contribution in [0.2, 0.25) is 10.2 Å². The Balaban J connectivity index is 1.34. The Morgan fingerprint density at radius 2 is 1.80 bits per heavy atom. The van der Waals surface area contributed by atoms with Gasteiger partial charge in [-0.2, -0.15) is 13.2 Å². The average molecular weight is 593 g/mol. The van der Waals surface area contributed by atoms with Crippen molar-refractivity contribution in [2.45, 2.75) is 31.0 Å². The number of pyridine rings is 1. The number of halogens is 6. The maximum atomic E-state index is 14.8. The molecule has 0 unspecified atom stereocenters. The number of anilines is 1. The van der Waals surface area contributed by atoms with Gasteiger partial charge >= 0.3 is 12.2 Å². The lowest BCUT2D eigenvalue weighted by molar-refractivity contribution is -0.139. The van der Waals surface area contributed by atoms with Gasteiger partial charge in [0.1, 0.15) is 11.0 Å². The van der Waals surface area contributed by atoms with Crippen LogP contribution >= 0.6 is 23.2 Å². The van der Waals surface area contributed by atoms with E-state index in [1.54, 1.807) is 12.1 Å². The van der Waals surface area contributed by atoms with Gasteiger partial charge in [0.25, 0.3) is 0 Å². The van der Waals surface area contributed by atoms with E-state index in [4.69, 9.17) is 23.2 Å². The monoisotopic (exact) mass is 592 g/mol. The summed E-state index contributed by atoms with van der Waals surface area (Å²) < 4.78 is 55.6. The van der Waals surface area contributed by atoms with E-state index < -0.39 is 29.0 Å². The van der Waals surface area contributed by atoms with Crippen molar-refractivity contribution in [1.82, 2.24) is 15.2 Å². The van der Waals surface area contributed by atoms with Crippen LogP contribution in [0, 0.1) is 5.82 Å². The number of nitrogens with one attached hydrogen (secondary N) is 1. The highest BCUT2D eigenvalue weighted by Crippen LogP contribution is 2.49. The van der Waals surface area contributed by atoms with Crippen molar-refractivity contribution in [2.75, 3.05) is 31.1 Å². The van der Waals surface area contributed by atoms with Gasteiger partial charge in [-0.05, 0) is 79.0 Å². The summed E-state index contributed by atoms with van der Waals surface area (Å²) in [6.07, 6.45) is 1.81. The van der Waals surface area contributed by atoms with Crippen LogP contribution < -0.4 is 10.2 Å². The molecule has 210 valence electrons. The van der Waals surface area contributed by atoms with Gasteiger partial charge in [-0.1, -0.05) is 47.5 Å². The molecule has 2 amide bonds. The third-order valence-corrected chi connectivity index (χ3v) is 8.01. The number of fused-ring (bicyclic) bond motifs is 2. The lowest BCUT2D eigenvalue weighted by Crippen LogP contribution is -2.47. The molecule has 40 heavy (non-hydrogen) atoms. The molecule has 2 aliphatic heterocycles. The topological polar surface area (TPSA) is 48.5 Å². The molecule has 0 bridgehead atoms. The molecule has 3 heterocycles. The van der Waals surface area contributed by atoms with Crippen molar-refractivity contribution in [3.05, 3.63) is 99.1 Å². The van der Waals surface area contributed by atoms with E-state index in [9.17, 15) is 22.4 Å². The molecule has 2 aromatic carbocycles. The molecule has 2 aliphatic rings. The molecule has 0 saturated carbocycles. The van der Waals surface area contributed by atoms with Gasteiger partial charge in [0.05, 0.1) is 11.3 Å². The lowest BCUT2D eigenvalue weighted by atomic mass is 9.74. The van der Waals surface area contributed by atoms with Crippen LogP contribution in [0.3, 0.4) is 0 Å². The molecule has 0 aliphatic carbocycles. The number of likely N-dealkylation sites (tertiary alicyclic amines) is 1. The summed E-state index contributed by atoms with van der Waals surface area (Å²) >= 11 is 11.9. The molecular formula is C29H26Cl2F4N4O. The minimum absolute atomic E-state index is 0.0927. The van der Waals surface area contributed by atoms with Gasteiger partial charge in [0.2, 0.25) is 0 Å². The van der Waals surface area contributed by atoms with Gasteiger partial charge in [-0.3, -0.25) is 9.80 Å². The molecule has 0 atom stereocenters. The zero-order chi connectivity index (χ0) is 28.5. The van der Waals surface area contributed by atoms with E-state index in [1.165, 1.54) is 11.1 Å². The number of piperidine rings is 1. The molecule has 0 radical (unpaired) electrons. The summed E-state index contributed by atoms with van der Waals surface area (Å²) in [5.74, 6) is -1.33. The van der Waals surface area contributed by atoms with E-state index in [2.05, 4.69) is 15.2 Å². The number of benzene rings is 2. The number of hydrogen-bond acceptors (Lipinski definition) is 3. The fourth-order valence-electron chi connectivity index (χ4n) is 5.41. The van der Waals surface area contributed by atoms with E-state index in [1.807, 2.05) is 36.4 Å². The number of alkyl halides is 3. The number of amides is 2. The molecule has 1 fully saturated rings. The third kappa shape index (κ3) is 6.11. The predicted octanol–water partition coefficient (Wildman–Crippen LogP) is 7.32. The molecule has 3 aromatic rings. The summed E-state index contributed by atoms with van der Waals surface area (Å²) in [5.41, 5.74) is 0.221. The van der Waals surface area contributed by atoms with Gasteiger partial charge in [-0.15, -0.1) is 0 Å². The van der Waals surface area contributed by atoms with E-state index >= 15 is 0 Å². The maximum Gasteiger partial charge on any atom is 0.419 e. The second kappa shape index (κ2) is 11.4. The number of urea groups is 1. The Labute approximate surface area is 239 Å². The number of carbonyl (C=O) groups excluding carboxylic acids is 1. The lowest BCUT2D eigenvalue weighted by Gasteiger charge is -2.39. The number of carbonyl (C=O) groups is 1. The summed E-state index contributed by atoms with van der Waals surface area (Å²) in [4.78, 5) is 20.7. The van der Waals surface area contributed by atoms with Crippen molar-refractivity contribution in [2.24, 2.45) is 0 Å². The van der Waals surface area contributed by atoms with Crippen LogP contribution in [0.5, 0.6) is 0 Å². The third-order valence-electron chi connectivity index (χ3n) is 7.55. The van der Waals surface area contributed by atoms with Gasteiger partial charge in [-0.25, -0.2) is 14.2 Å². The maximum absolute atomic E-state index is 14.8. The van der Waals surface area contributed by atoms with Crippen LogP contribution in [0.15, 0.2) is 60.8 Å². The predicted molar refractivity (Wildman–Crippen MR) is 148 cm³/mol. The average Bonchev–Trinajstić information content (AvgIpc) is 3.21. The Bertz CT molecular complexity index is 1420. The second-order valence-electron chi connectivity index (χ2n) is 10.1. The van der Waals surface area contributed by atoms with Crippen molar-refractivity contribution in [3.63, 3.8) is 0 Å². The van der Waals surface area contributed by atoms with Crippen LogP contribution in [-0.2, 0) is 18.1 Å². The van der Waals surface area contributed by atoms with Gasteiger partial charge < -0.3 is 5.32 Å². The molecule has 1 saturated heterocycles. The number of rotatable bonds is 5. The molecular weight excluding hydrogens is 567 g/mol. The van der Waals surface area contributed by atoms with Crippen molar-refractivity contribution < 1.29 is 22.4 Å². The van der Waals surface area contributed by atoms with E-state index in [0.29, 0.717) is 48.6 Å². The van der Waals surface area contributed by atoms with Crippen molar-refractivity contribution in [3.8, 4) is 0 Å². The smallest absolute Gasteiger partial charge is 0.334 e. The first-order valence-electron chi connectivity index (χ1n) is 12.8. The van der Waals surface area contributed by atoms with Gasteiger partial charge in [0.15, 0.2) is 0 Å². The minimum atomic E-state index is -4.88. The standard InChI is InChI=1S/C29H26Cl2F4N4O/c30-21-5-3-19(4-6-21)2-1-11-38-12-8-28(9-13-38)18-39(27(40)37-17-20-7-10-36-26(31)14-20)25-16-22(29(33,34)35)24(32)15-23(25)28/h1-7,10,14-16H,8-9,11-13,17-18H2,(H,37,40)/b2-1+. The summed E-state index contributed by atoms with van der Waals surface area (Å²) in [6, 6.07) is 11.9. The van der Waals surface area contributed by atoms with E-state index in [0.717, 1.165) is 17.7 Å². The normalized spacial score (nSPS) is 17.0. The Morgan fingerprint density at radius 1 is 1.07 bits per heavy atom. The largest absolute Gasteiger partial charge is 0.419 e. The van der Waals surface area contributed by atoms with Crippen LogP contribution in [-0.4, -0.2) is 42.1 Å². The highest BCUT2D eigenvalue weighted by atomic mass is 35.5. The Hall–Kier alpha value is -3.14. The Kier molecular flexibility index (Phi) is 8.08. The van der Waals surface area contributed by atoms with Crippen LogP contribution in [0.1, 0.15) is 35.1 Å². The molecule has 1 spiro atoms. The summed E-state index contributed by atoms with van der Waals surface area (Å²) in [6.45, 7) is 2.27. The summed E-state index contributed by atoms with van der Waals surface area (Å²) in [7, 11) is 0. The van der Waals surface area contributed by atoms with Crippen LogP contribution in [0.25, 0.3) is 6.08 Å². The molecule has 5 rings (SSSR count). The molecule has 11 heteroatoms. The highest BCUT2D eigenvalue weighted by molar-refractivity contribution is 6.30. The van der Waals surface area contributed by atoms with Crippen LogP contribution in [0.4, 0.5) is 28.0 Å². The fourth-order valence-corrected chi connectivity index (χ4v) is 5.73. The first-order valence-corrected chi connectivity index (χ1v) is 13.5. The van der Waals surface area contributed by atoms with Gasteiger partial charge in [0, 0.05) is 36.3 Å². The molecule has 5 nitrogen and oxygen atoms in total. The quantitative estimate of drug-likeness (QED) is 0.249. The van der Waals surface area contributed by atoms with Crippen molar-refractivity contribution >= 4 is 41.0 Å². The highest BCUT2D eigenvalue weighted by Gasteiger charge is 2.48. The number of hydrogen-bond donors (Lipinski definition) is 1. The number of aromatic nitrogens is 1. The first kappa shape index (κ1) is 28.4. The minimum Gasteiger partial charge on any atom is -0.334 e. The Morgan fingerprint density at radius 3 is 2.48 bits per heavy atom. The molecule has 1 N–H and O–H groups in total. The SMILES string of the molecule is O=C(NCc1ccnc(Cl)c1)N1CC2(CCN(C/C=C/c3ccc(Cl)cc3)CC2)c2cc(F)c(C(F)(F)F)cc21. The van der Waals surface area contributed by atoms with Crippen molar-refractivity contribution in [1.29, 1.82) is 0 Å². The second-order valence-corrected chi connectivity index (χ2v) is 10.9. The zero-order valence-corrected chi connectivity index (χ0v) is 22.8. The molecule has 1 aromatic heterocycles. The number of nitrogens with zero attached hydrogens (tertiary/aromatic N) is 3.